The number of ether oxygens (including phenoxy) is 1. The molecule has 0 amide bonds. The van der Waals surface area contributed by atoms with E-state index in [9.17, 15) is 0 Å². The summed E-state index contributed by atoms with van der Waals surface area (Å²) < 4.78 is 29.4. The lowest BCUT2D eigenvalue weighted by Crippen LogP contribution is -2.76. The molecular formula is C127H80N4O3S3Si3. The van der Waals surface area contributed by atoms with Crippen molar-refractivity contribution < 1.29 is 13.6 Å². The second kappa shape index (κ2) is 32.6. The van der Waals surface area contributed by atoms with Gasteiger partial charge in [0, 0.05) is 105 Å². The molecule has 3 aliphatic heterocycles. The van der Waals surface area contributed by atoms with Crippen molar-refractivity contribution in [3.63, 3.8) is 0 Å². The zero-order valence-corrected chi connectivity index (χ0v) is 80.9. The summed E-state index contributed by atoms with van der Waals surface area (Å²) in [4.78, 5) is 9.48. The maximum absolute atomic E-state index is 8.18. The Morgan fingerprint density at radius 2 is 0.543 bits per heavy atom. The van der Waals surface area contributed by atoms with Crippen molar-refractivity contribution in [1.29, 1.82) is 0 Å². The summed E-state index contributed by atoms with van der Waals surface area (Å²) in [5, 5.41) is 30.9. The maximum Gasteiger partial charge on any atom is 0.228 e. The molecule has 30 rings (SSSR count). The van der Waals surface area contributed by atoms with Gasteiger partial charge < -0.3 is 27.3 Å². The van der Waals surface area contributed by atoms with Crippen LogP contribution in [-0.2, 0) is 0 Å². The van der Waals surface area contributed by atoms with Gasteiger partial charge in [-0.3, -0.25) is 0 Å². The first-order chi connectivity index (χ1) is 69.4. The number of hydrogen-bond donors (Lipinski definition) is 0. The lowest BCUT2D eigenvalue weighted by molar-refractivity contribution is 0.496. The molecule has 6 aromatic heterocycles. The monoisotopic (exact) mass is 1890 g/mol. The van der Waals surface area contributed by atoms with Gasteiger partial charge in [0.05, 0.1) is 45.1 Å². The van der Waals surface area contributed by atoms with Crippen LogP contribution in [0.1, 0.15) is 0 Å². The van der Waals surface area contributed by atoms with Gasteiger partial charge in [-0.15, -0.1) is 11.3 Å². The average Bonchev–Trinajstić information content (AvgIpc) is 1.30. The quantitative estimate of drug-likeness (QED) is 0.106. The summed E-state index contributed by atoms with van der Waals surface area (Å²) in [6.07, 6.45) is 0. The van der Waals surface area contributed by atoms with E-state index in [0.29, 0.717) is 11.4 Å². The number of nitrogens with zero attached hydrogens (tertiary/aromatic N) is 4. The molecule has 9 heterocycles. The Hall–Kier alpha value is -16.5. The SMILES string of the molecule is [C-]#[N+]c1cccc2c1Oc1c(ccc3c1c1ccccc1n3-c1ccc3oc4ccccc4c3c1)[Si]2(c1ccccc1)c1ccccc1.c1ccc([Si]2(c3ccccc3)c3ccccc3Sc3c2ccc2c3c3ccccc3n2-c2ccc3oc4ccccc4c3c2)cc1.c1ccc([Si]2(c3ccccc3)c3ccccc3Sc3c2ccc2c3c3ccccc3n2-c2ccc3sc4ccccc4c3c2)cc1. The molecule has 0 unspecified atom stereocenters. The van der Waals surface area contributed by atoms with Crippen molar-refractivity contribution in [3.8, 4) is 28.6 Å². The number of para-hydroxylation sites is 6. The van der Waals surface area contributed by atoms with Crippen molar-refractivity contribution in [2.24, 2.45) is 0 Å². The fraction of sp³-hybridized carbons (Fsp3) is 0. The van der Waals surface area contributed by atoms with E-state index >= 15 is 0 Å². The van der Waals surface area contributed by atoms with Gasteiger partial charge in [-0.2, -0.15) is 0 Å². The Kier molecular flexibility index (Phi) is 19.0. The predicted octanol–water partition coefficient (Wildman–Crippen LogP) is 26.2. The molecule has 0 saturated carbocycles. The fourth-order valence-corrected chi connectivity index (χ4v) is 44.0. The number of rotatable bonds is 9. The zero-order chi connectivity index (χ0) is 92.3. The number of furan rings is 2. The largest absolute Gasteiger partial charge is 0.468 e. The smallest absolute Gasteiger partial charge is 0.228 e. The molecule has 0 aliphatic carbocycles. The molecule has 21 aromatic carbocycles. The topological polar surface area (TPSA) is 54.7 Å². The van der Waals surface area contributed by atoms with E-state index in [-0.39, 0.29) is 0 Å². The van der Waals surface area contributed by atoms with Gasteiger partial charge in [0.25, 0.3) is 0 Å². The second-order valence-corrected chi connectivity index (χ2v) is 50.8. The summed E-state index contributed by atoms with van der Waals surface area (Å²) in [6.45, 7) is 8.18. The summed E-state index contributed by atoms with van der Waals surface area (Å²) >= 11 is 5.77. The predicted molar refractivity (Wildman–Crippen MR) is 595 cm³/mol. The first-order valence-corrected chi connectivity index (χ1v) is 55.9. The summed E-state index contributed by atoms with van der Waals surface area (Å²) in [5.41, 5.74) is 14.6. The highest BCUT2D eigenvalue weighted by Crippen LogP contribution is 2.50. The van der Waals surface area contributed by atoms with Gasteiger partial charge >= 0.3 is 0 Å². The van der Waals surface area contributed by atoms with Crippen LogP contribution >= 0.6 is 34.9 Å². The van der Waals surface area contributed by atoms with E-state index in [1.165, 1.54) is 146 Å². The Bertz CT molecular complexity index is 9310. The molecule has 0 N–H and O–H groups in total. The first-order valence-electron chi connectivity index (χ1n) is 47.4. The van der Waals surface area contributed by atoms with Gasteiger partial charge in [-0.1, -0.05) is 388 Å². The lowest BCUT2D eigenvalue weighted by Gasteiger charge is -2.40. The van der Waals surface area contributed by atoms with Gasteiger partial charge in [0.2, 0.25) is 5.69 Å². The van der Waals surface area contributed by atoms with Crippen molar-refractivity contribution >= 4 is 256 Å². The highest BCUT2D eigenvalue weighted by molar-refractivity contribution is 8.00. The maximum atomic E-state index is 8.18. The second-order valence-electron chi connectivity index (χ2n) is 36.4. The Balaban J connectivity index is 0.000000103. The standard InChI is InChI=1S/C43H26N2O2Si.C42H27NOSSi.C42H27NS2Si/c1-44-34-19-12-22-39-42(34)47-43-40(48(39,29-13-4-2-5-14-29)30-15-6-3-7-16-30)26-24-36-41(43)32-18-8-10-20-35(32)45(36)28-23-25-38-33(27-28)31-17-9-11-21-37(31)46-38;2*1-3-13-29(14-4-1)46(30-15-5-2-6-16-30)39-22-12-11-21-38(39)45-42-40(46)26-24-35-41(42)32-18-7-9-19-34(32)43(35)28-23-25-37-33(27-28)31-17-8-10-20-36(31)44-37/h2-27H;2*1-27H. The molecule has 27 aromatic rings. The number of aromatic nitrogens is 3. The molecule has 0 saturated heterocycles. The Labute approximate surface area is 821 Å². The first kappa shape index (κ1) is 81.8. The molecule has 140 heavy (non-hydrogen) atoms. The minimum absolute atomic E-state index is 0.528. The Morgan fingerprint density at radius 3 is 0.986 bits per heavy atom. The number of thiophene rings is 1. The molecule has 7 nitrogen and oxygen atoms in total. The summed E-state index contributed by atoms with van der Waals surface area (Å²) in [7, 11) is -8.23. The molecule has 3 aliphatic rings. The summed E-state index contributed by atoms with van der Waals surface area (Å²) in [5.74, 6) is 1.50. The zero-order valence-electron chi connectivity index (χ0n) is 75.4. The van der Waals surface area contributed by atoms with E-state index in [2.05, 4.69) is 467 Å². The highest BCUT2D eigenvalue weighted by atomic mass is 32.2. The molecular weight excluding hydrogens is 1810 g/mol. The minimum Gasteiger partial charge on any atom is -0.468 e. The van der Waals surface area contributed by atoms with Crippen molar-refractivity contribution in [2.45, 2.75) is 19.6 Å². The van der Waals surface area contributed by atoms with Crippen LogP contribution in [0, 0.1) is 6.57 Å². The van der Waals surface area contributed by atoms with Crippen LogP contribution in [0.2, 0.25) is 0 Å². The normalized spacial score (nSPS) is 13.6. The van der Waals surface area contributed by atoms with Crippen LogP contribution in [0.25, 0.3) is 151 Å². The molecule has 656 valence electrons. The summed E-state index contributed by atoms with van der Waals surface area (Å²) in [6, 6.07) is 177. The van der Waals surface area contributed by atoms with Crippen molar-refractivity contribution in [1.82, 2.24) is 13.7 Å². The minimum atomic E-state index is -2.95. The van der Waals surface area contributed by atoms with Gasteiger partial charge in [-0.25, -0.2) is 4.85 Å². The number of hydrogen-bond acceptors (Lipinski definition) is 6. The van der Waals surface area contributed by atoms with Gasteiger partial charge in [0.1, 0.15) is 33.8 Å². The lowest BCUT2D eigenvalue weighted by atomic mass is 10.1. The molecule has 0 fully saturated rings. The number of benzene rings is 21. The molecule has 0 bridgehead atoms. The van der Waals surface area contributed by atoms with E-state index in [0.717, 1.165) is 88.0 Å². The van der Waals surface area contributed by atoms with Crippen molar-refractivity contribution in [2.75, 3.05) is 0 Å². The highest BCUT2D eigenvalue weighted by Gasteiger charge is 2.52. The van der Waals surface area contributed by atoms with Crippen LogP contribution in [0.3, 0.4) is 0 Å². The molecule has 0 radical (unpaired) electrons. The van der Waals surface area contributed by atoms with Crippen LogP contribution in [0.4, 0.5) is 5.69 Å². The molecule has 0 atom stereocenters. The van der Waals surface area contributed by atoms with Gasteiger partial charge in [-0.05, 0) is 184 Å². The van der Waals surface area contributed by atoms with Crippen LogP contribution in [-0.4, -0.2) is 37.9 Å². The average molecular weight is 1890 g/mol. The Morgan fingerprint density at radius 1 is 0.221 bits per heavy atom. The molecule has 13 heteroatoms. The van der Waals surface area contributed by atoms with Crippen LogP contribution < -0.4 is 67.0 Å². The third kappa shape index (κ3) is 12.1. The third-order valence-corrected chi connectivity index (χ3v) is 48.2. The van der Waals surface area contributed by atoms with E-state index < -0.39 is 24.2 Å². The van der Waals surface area contributed by atoms with E-state index in [1.807, 2.05) is 71.3 Å². The van der Waals surface area contributed by atoms with Gasteiger partial charge in [0.15, 0.2) is 24.2 Å². The van der Waals surface area contributed by atoms with Crippen LogP contribution in [0.5, 0.6) is 11.5 Å². The fourth-order valence-electron chi connectivity index (χ4n) is 23.7. The van der Waals surface area contributed by atoms with E-state index in [1.54, 1.807) is 0 Å². The van der Waals surface area contributed by atoms with Crippen LogP contribution in [0.15, 0.2) is 514 Å². The van der Waals surface area contributed by atoms with E-state index in [4.69, 9.17) is 20.1 Å². The number of fused-ring (bicyclic) bond motifs is 27. The third-order valence-electron chi connectivity index (χ3n) is 29.4. The van der Waals surface area contributed by atoms with Crippen molar-refractivity contribution in [3.05, 3.63) is 497 Å². The molecule has 0 spiro atoms.